The molecule has 0 aromatic heterocycles. The molecule has 0 heterocycles. The quantitative estimate of drug-likeness (QED) is 0.745. The van der Waals surface area contributed by atoms with E-state index >= 15 is 0 Å². The van der Waals surface area contributed by atoms with E-state index in [0.29, 0.717) is 11.6 Å². The molecule has 0 aliphatic carbocycles. The topological polar surface area (TPSA) is 20.3 Å². The van der Waals surface area contributed by atoms with Gasteiger partial charge in [-0.15, -0.1) is 11.6 Å². The van der Waals surface area contributed by atoms with Crippen molar-refractivity contribution in [2.75, 3.05) is 10.8 Å². The summed E-state index contributed by atoms with van der Waals surface area (Å²) in [6.07, 6.45) is 0. The van der Waals surface area contributed by atoms with Gasteiger partial charge in [0.15, 0.2) is 0 Å². The van der Waals surface area contributed by atoms with Crippen molar-refractivity contribution in [3.05, 3.63) is 64.2 Å². The molecule has 0 aliphatic rings. The maximum Gasteiger partial charge on any atom is 0.242 e. The number of rotatable bonds is 4. The molecule has 1 amide bonds. The minimum Gasteiger partial charge on any atom is -0.307 e. The number of benzene rings is 2. The minimum absolute atomic E-state index is 0.0581. The van der Waals surface area contributed by atoms with Crippen LogP contribution < -0.4 is 4.90 Å². The van der Waals surface area contributed by atoms with Crippen LogP contribution in [-0.2, 0) is 11.3 Å². The van der Waals surface area contributed by atoms with Gasteiger partial charge in [0, 0.05) is 10.7 Å². The number of aryl methyl sites for hydroxylation is 2. The fraction of sp³-hybridized carbons (Fsp3) is 0.235. The van der Waals surface area contributed by atoms with Crippen molar-refractivity contribution < 1.29 is 4.79 Å². The lowest BCUT2D eigenvalue weighted by Crippen LogP contribution is -2.31. The number of nitrogens with zero attached hydrogens (tertiary/aromatic N) is 1. The lowest BCUT2D eigenvalue weighted by atomic mass is 10.1. The summed E-state index contributed by atoms with van der Waals surface area (Å²) in [4.78, 5) is 13.9. The molecule has 110 valence electrons. The Morgan fingerprint density at radius 3 is 2.29 bits per heavy atom. The summed E-state index contributed by atoms with van der Waals surface area (Å²) in [6, 6.07) is 13.6. The Kier molecular flexibility index (Phi) is 5.27. The Hall–Kier alpha value is -1.51. The average Bonchev–Trinajstić information content (AvgIpc) is 2.44. The van der Waals surface area contributed by atoms with Crippen molar-refractivity contribution in [1.82, 2.24) is 0 Å². The van der Waals surface area contributed by atoms with E-state index < -0.39 is 0 Å². The monoisotopic (exact) mass is 321 g/mol. The van der Waals surface area contributed by atoms with Crippen molar-refractivity contribution in [3.8, 4) is 0 Å². The van der Waals surface area contributed by atoms with Crippen LogP contribution in [0.5, 0.6) is 0 Å². The van der Waals surface area contributed by atoms with E-state index in [-0.39, 0.29) is 11.8 Å². The van der Waals surface area contributed by atoms with Gasteiger partial charge in [-0.2, -0.15) is 0 Å². The van der Waals surface area contributed by atoms with Gasteiger partial charge >= 0.3 is 0 Å². The van der Waals surface area contributed by atoms with Gasteiger partial charge in [0.2, 0.25) is 5.91 Å². The second kappa shape index (κ2) is 6.97. The van der Waals surface area contributed by atoms with E-state index in [1.54, 1.807) is 4.90 Å². The zero-order valence-corrected chi connectivity index (χ0v) is 13.6. The standard InChI is InChI=1S/C17H17Cl2NO/c1-12-7-13(2)9-15(8-12)20(17(21)10-18)11-14-5-3-4-6-16(14)19/h3-9H,10-11H2,1-2H3. The molecule has 0 fully saturated rings. The normalized spacial score (nSPS) is 10.5. The first-order valence-corrected chi connectivity index (χ1v) is 7.60. The van der Waals surface area contributed by atoms with Gasteiger partial charge in [0.25, 0.3) is 0 Å². The number of hydrogen-bond acceptors (Lipinski definition) is 1. The number of anilines is 1. The van der Waals surface area contributed by atoms with Crippen molar-refractivity contribution in [3.63, 3.8) is 0 Å². The molecule has 0 bridgehead atoms. The predicted molar refractivity (Wildman–Crippen MR) is 89.3 cm³/mol. The van der Waals surface area contributed by atoms with Gasteiger partial charge in [-0.25, -0.2) is 0 Å². The van der Waals surface area contributed by atoms with Gasteiger partial charge in [-0.1, -0.05) is 35.9 Å². The van der Waals surface area contributed by atoms with Crippen LogP contribution in [0.4, 0.5) is 5.69 Å². The van der Waals surface area contributed by atoms with Crippen LogP contribution in [0.25, 0.3) is 0 Å². The first-order chi connectivity index (χ1) is 10.0. The second-order valence-corrected chi connectivity index (χ2v) is 5.73. The summed E-state index contributed by atoms with van der Waals surface area (Å²) in [6.45, 7) is 4.43. The first-order valence-electron chi connectivity index (χ1n) is 6.69. The lowest BCUT2D eigenvalue weighted by Gasteiger charge is -2.23. The third kappa shape index (κ3) is 3.99. The Morgan fingerprint density at radius 1 is 1.10 bits per heavy atom. The maximum absolute atomic E-state index is 12.2. The van der Waals surface area contributed by atoms with Crippen LogP contribution in [0.3, 0.4) is 0 Å². The first kappa shape index (κ1) is 15.9. The summed E-state index contributed by atoms with van der Waals surface area (Å²) >= 11 is 12.0. The summed E-state index contributed by atoms with van der Waals surface area (Å²) in [5.74, 6) is -0.196. The van der Waals surface area contributed by atoms with Gasteiger partial charge in [-0.05, 0) is 48.7 Å². The molecule has 21 heavy (non-hydrogen) atoms. The third-order valence-corrected chi connectivity index (χ3v) is 3.82. The molecule has 0 atom stereocenters. The van der Waals surface area contributed by atoms with E-state index in [1.807, 2.05) is 50.2 Å². The highest BCUT2D eigenvalue weighted by Gasteiger charge is 2.17. The van der Waals surface area contributed by atoms with Crippen LogP contribution in [0.2, 0.25) is 5.02 Å². The van der Waals surface area contributed by atoms with E-state index in [4.69, 9.17) is 23.2 Å². The molecule has 0 saturated carbocycles. The van der Waals surface area contributed by atoms with Crippen molar-refractivity contribution in [1.29, 1.82) is 0 Å². The summed E-state index contributed by atoms with van der Waals surface area (Å²) in [7, 11) is 0. The van der Waals surface area contributed by atoms with Gasteiger partial charge in [-0.3, -0.25) is 4.79 Å². The SMILES string of the molecule is Cc1cc(C)cc(N(Cc2ccccc2Cl)C(=O)CCl)c1. The minimum atomic E-state index is -0.137. The van der Waals surface area contributed by atoms with Gasteiger partial charge in [0.05, 0.1) is 6.54 Å². The molecule has 0 saturated heterocycles. The Labute approximate surface area is 135 Å². The van der Waals surface area contributed by atoms with Crippen LogP contribution >= 0.6 is 23.2 Å². The van der Waals surface area contributed by atoms with E-state index in [1.165, 1.54) is 0 Å². The summed E-state index contributed by atoms with van der Waals surface area (Å²) < 4.78 is 0. The fourth-order valence-corrected chi connectivity index (χ4v) is 2.64. The number of carbonyl (C=O) groups excluding carboxylic acids is 1. The number of carbonyl (C=O) groups is 1. The highest BCUT2D eigenvalue weighted by Crippen LogP contribution is 2.24. The Bertz CT molecular complexity index is 635. The van der Waals surface area contributed by atoms with Crippen molar-refractivity contribution >= 4 is 34.8 Å². The smallest absolute Gasteiger partial charge is 0.242 e. The Morgan fingerprint density at radius 2 is 1.71 bits per heavy atom. The predicted octanol–water partition coefficient (Wildman–Crippen LogP) is 4.73. The molecule has 0 N–H and O–H groups in total. The van der Waals surface area contributed by atoms with Crippen LogP contribution in [0, 0.1) is 13.8 Å². The molecule has 0 radical (unpaired) electrons. The van der Waals surface area contributed by atoms with Crippen LogP contribution in [-0.4, -0.2) is 11.8 Å². The number of amides is 1. The molecule has 4 heteroatoms. The van der Waals surface area contributed by atoms with Gasteiger partial charge < -0.3 is 4.90 Å². The van der Waals surface area contributed by atoms with E-state index in [9.17, 15) is 4.79 Å². The molecule has 2 nitrogen and oxygen atoms in total. The number of hydrogen-bond donors (Lipinski definition) is 0. The largest absolute Gasteiger partial charge is 0.307 e. The summed E-state index contributed by atoms with van der Waals surface area (Å²) in [5, 5.41) is 0.647. The number of alkyl halides is 1. The molecule has 2 rings (SSSR count). The van der Waals surface area contributed by atoms with E-state index in [0.717, 1.165) is 22.4 Å². The summed E-state index contributed by atoms with van der Waals surface area (Å²) in [5.41, 5.74) is 3.96. The highest BCUT2D eigenvalue weighted by atomic mass is 35.5. The lowest BCUT2D eigenvalue weighted by molar-refractivity contribution is -0.116. The zero-order valence-electron chi connectivity index (χ0n) is 12.1. The molecule has 0 spiro atoms. The third-order valence-electron chi connectivity index (χ3n) is 3.22. The Balaban J connectivity index is 2.39. The maximum atomic E-state index is 12.2. The van der Waals surface area contributed by atoms with Crippen LogP contribution in [0.1, 0.15) is 16.7 Å². The average molecular weight is 322 g/mol. The van der Waals surface area contributed by atoms with Crippen LogP contribution in [0.15, 0.2) is 42.5 Å². The molecule has 0 aliphatic heterocycles. The number of halogens is 2. The molecule has 2 aromatic rings. The zero-order chi connectivity index (χ0) is 15.4. The molecule has 2 aromatic carbocycles. The molecular formula is C17H17Cl2NO. The highest BCUT2D eigenvalue weighted by molar-refractivity contribution is 6.31. The fourth-order valence-electron chi connectivity index (χ4n) is 2.30. The van der Waals surface area contributed by atoms with Crippen molar-refractivity contribution in [2.45, 2.75) is 20.4 Å². The second-order valence-electron chi connectivity index (χ2n) is 5.05. The van der Waals surface area contributed by atoms with Gasteiger partial charge in [0.1, 0.15) is 5.88 Å². The molecular weight excluding hydrogens is 305 g/mol. The molecule has 0 unspecified atom stereocenters. The van der Waals surface area contributed by atoms with E-state index in [2.05, 4.69) is 6.07 Å². The van der Waals surface area contributed by atoms with Crippen molar-refractivity contribution in [2.24, 2.45) is 0 Å².